The Morgan fingerprint density at radius 2 is 1.84 bits per heavy atom. The fourth-order valence-electron chi connectivity index (χ4n) is 4.12. The van der Waals surface area contributed by atoms with Crippen molar-refractivity contribution in [1.82, 2.24) is 15.1 Å². The zero-order valence-corrected chi connectivity index (χ0v) is 11.8. The summed E-state index contributed by atoms with van der Waals surface area (Å²) in [5.41, 5.74) is 0. The van der Waals surface area contributed by atoms with E-state index in [0.717, 1.165) is 19.5 Å². The van der Waals surface area contributed by atoms with Crippen molar-refractivity contribution < 1.29 is 9.53 Å². The minimum Gasteiger partial charge on any atom is -0.453 e. The fourth-order valence-corrected chi connectivity index (χ4v) is 4.12. The van der Waals surface area contributed by atoms with Crippen molar-refractivity contribution >= 4 is 6.09 Å². The number of rotatable bonds is 1. The summed E-state index contributed by atoms with van der Waals surface area (Å²) in [5, 5.41) is 3.67. The summed E-state index contributed by atoms with van der Waals surface area (Å²) in [4.78, 5) is 16.5. The van der Waals surface area contributed by atoms with Crippen LogP contribution in [0, 0.1) is 0 Å². The number of piperazine rings is 1. The van der Waals surface area contributed by atoms with Crippen LogP contribution in [-0.4, -0.2) is 67.3 Å². The topological polar surface area (TPSA) is 44.8 Å². The molecule has 0 spiro atoms. The van der Waals surface area contributed by atoms with Gasteiger partial charge in [-0.25, -0.2) is 4.79 Å². The molecule has 3 aliphatic rings. The van der Waals surface area contributed by atoms with E-state index in [1.54, 1.807) is 0 Å². The SMILES string of the molecule is COC(=O)N1CCN[C@H]2[C@H](N3CCCC3)CCC[C@@H]21. The molecule has 1 N–H and O–H groups in total. The lowest BCUT2D eigenvalue weighted by molar-refractivity contribution is 0.0286. The smallest absolute Gasteiger partial charge is 0.409 e. The van der Waals surface area contributed by atoms with Gasteiger partial charge in [-0.15, -0.1) is 0 Å². The first kappa shape index (κ1) is 13.2. The van der Waals surface area contributed by atoms with Crippen molar-refractivity contribution in [3.05, 3.63) is 0 Å². The second kappa shape index (κ2) is 5.67. The van der Waals surface area contributed by atoms with Crippen molar-refractivity contribution in [2.75, 3.05) is 33.3 Å². The molecular formula is C14H25N3O2. The van der Waals surface area contributed by atoms with Crippen LogP contribution in [-0.2, 0) is 4.74 Å². The third-order valence-electron chi connectivity index (χ3n) is 4.98. The van der Waals surface area contributed by atoms with Gasteiger partial charge in [-0.1, -0.05) is 0 Å². The van der Waals surface area contributed by atoms with Crippen LogP contribution in [0.25, 0.3) is 0 Å². The highest BCUT2D eigenvalue weighted by molar-refractivity contribution is 5.68. The lowest BCUT2D eigenvalue weighted by atomic mass is 9.83. The van der Waals surface area contributed by atoms with Gasteiger partial charge in [0.15, 0.2) is 0 Å². The molecular weight excluding hydrogens is 242 g/mol. The van der Waals surface area contributed by atoms with E-state index in [1.807, 2.05) is 4.90 Å². The molecule has 1 aliphatic carbocycles. The fraction of sp³-hybridized carbons (Fsp3) is 0.929. The summed E-state index contributed by atoms with van der Waals surface area (Å²) in [6.45, 7) is 4.13. The second-order valence-corrected chi connectivity index (χ2v) is 5.95. The Balaban J connectivity index is 1.74. The van der Waals surface area contributed by atoms with Gasteiger partial charge in [-0.3, -0.25) is 4.90 Å². The molecule has 0 aromatic carbocycles. The van der Waals surface area contributed by atoms with Gasteiger partial charge in [-0.05, 0) is 45.2 Å². The average molecular weight is 267 g/mol. The van der Waals surface area contributed by atoms with E-state index in [-0.39, 0.29) is 6.09 Å². The van der Waals surface area contributed by atoms with E-state index in [0.29, 0.717) is 18.1 Å². The van der Waals surface area contributed by atoms with Crippen LogP contribution < -0.4 is 5.32 Å². The number of ether oxygens (including phenoxy) is 1. The molecule has 1 saturated carbocycles. The van der Waals surface area contributed by atoms with E-state index in [4.69, 9.17) is 4.74 Å². The number of hydrogen-bond acceptors (Lipinski definition) is 4. The minimum absolute atomic E-state index is 0.154. The van der Waals surface area contributed by atoms with Crippen LogP contribution >= 0.6 is 0 Å². The van der Waals surface area contributed by atoms with Gasteiger partial charge in [-0.2, -0.15) is 0 Å². The van der Waals surface area contributed by atoms with Crippen LogP contribution in [0.2, 0.25) is 0 Å². The molecule has 2 saturated heterocycles. The maximum absolute atomic E-state index is 11.9. The van der Waals surface area contributed by atoms with Crippen molar-refractivity contribution in [1.29, 1.82) is 0 Å². The normalized spacial score (nSPS) is 36.1. The Morgan fingerprint density at radius 3 is 2.58 bits per heavy atom. The third-order valence-corrected chi connectivity index (χ3v) is 4.98. The van der Waals surface area contributed by atoms with Crippen molar-refractivity contribution in [2.24, 2.45) is 0 Å². The maximum atomic E-state index is 11.9. The molecule has 0 radical (unpaired) electrons. The molecule has 0 unspecified atom stereocenters. The molecule has 0 aromatic rings. The molecule has 3 fully saturated rings. The number of methoxy groups -OCH3 is 1. The molecule has 108 valence electrons. The van der Waals surface area contributed by atoms with Gasteiger partial charge in [0.2, 0.25) is 0 Å². The molecule has 3 atom stereocenters. The predicted octanol–water partition coefficient (Wildman–Crippen LogP) is 1.04. The number of nitrogens with one attached hydrogen (secondary N) is 1. The Morgan fingerprint density at radius 1 is 1.11 bits per heavy atom. The van der Waals surface area contributed by atoms with Crippen molar-refractivity contribution in [2.45, 2.75) is 50.2 Å². The van der Waals surface area contributed by atoms with Gasteiger partial charge in [0.1, 0.15) is 0 Å². The molecule has 0 aromatic heterocycles. The zero-order valence-electron chi connectivity index (χ0n) is 11.8. The molecule has 5 nitrogen and oxygen atoms in total. The van der Waals surface area contributed by atoms with Crippen LogP contribution in [0.1, 0.15) is 32.1 Å². The van der Waals surface area contributed by atoms with Gasteiger partial charge in [0.25, 0.3) is 0 Å². The van der Waals surface area contributed by atoms with E-state index in [2.05, 4.69) is 10.2 Å². The molecule has 5 heteroatoms. The molecule has 2 heterocycles. The van der Waals surface area contributed by atoms with Gasteiger partial charge >= 0.3 is 6.09 Å². The lowest BCUT2D eigenvalue weighted by Crippen LogP contribution is -2.67. The second-order valence-electron chi connectivity index (χ2n) is 5.95. The highest BCUT2D eigenvalue weighted by Crippen LogP contribution is 2.31. The van der Waals surface area contributed by atoms with Crippen LogP contribution in [0.15, 0.2) is 0 Å². The monoisotopic (exact) mass is 267 g/mol. The summed E-state index contributed by atoms with van der Waals surface area (Å²) < 4.78 is 4.95. The maximum Gasteiger partial charge on any atom is 0.409 e. The first-order chi connectivity index (χ1) is 9.31. The number of likely N-dealkylation sites (tertiary alicyclic amines) is 1. The van der Waals surface area contributed by atoms with Crippen molar-refractivity contribution in [3.63, 3.8) is 0 Å². The Hall–Kier alpha value is -0.810. The minimum atomic E-state index is -0.154. The highest BCUT2D eigenvalue weighted by atomic mass is 16.5. The van der Waals surface area contributed by atoms with Crippen LogP contribution in [0.3, 0.4) is 0 Å². The molecule has 3 rings (SSSR count). The van der Waals surface area contributed by atoms with Gasteiger partial charge < -0.3 is 15.0 Å². The highest BCUT2D eigenvalue weighted by Gasteiger charge is 2.43. The average Bonchev–Trinajstić information content (AvgIpc) is 2.99. The van der Waals surface area contributed by atoms with Gasteiger partial charge in [0, 0.05) is 25.2 Å². The summed E-state index contributed by atoms with van der Waals surface area (Å²) in [7, 11) is 1.49. The van der Waals surface area contributed by atoms with Crippen molar-refractivity contribution in [3.8, 4) is 0 Å². The van der Waals surface area contributed by atoms with E-state index in [1.165, 1.54) is 45.9 Å². The zero-order chi connectivity index (χ0) is 13.2. The van der Waals surface area contributed by atoms with Gasteiger partial charge in [0.05, 0.1) is 13.2 Å². The number of hydrogen-bond donors (Lipinski definition) is 1. The largest absolute Gasteiger partial charge is 0.453 e. The summed E-state index contributed by atoms with van der Waals surface area (Å²) in [6, 6.07) is 1.36. The summed E-state index contributed by atoms with van der Waals surface area (Å²) >= 11 is 0. The van der Waals surface area contributed by atoms with E-state index in [9.17, 15) is 4.79 Å². The Labute approximate surface area is 115 Å². The third kappa shape index (κ3) is 2.46. The lowest BCUT2D eigenvalue weighted by Gasteiger charge is -2.49. The van der Waals surface area contributed by atoms with Crippen LogP contribution in [0.4, 0.5) is 4.79 Å². The van der Waals surface area contributed by atoms with E-state index < -0.39 is 0 Å². The quantitative estimate of drug-likeness (QED) is 0.771. The molecule has 19 heavy (non-hydrogen) atoms. The number of amides is 1. The molecule has 0 bridgehead atoms. The number of nitrogens with zero attached hydrogens (tertiary/aromatic N) is 2. The Bertz CT molecular complexity index is 331. The first-order valence-corrected chi connectivity index (χ1v) is 7.63. The number of carbonyl (C=O) groups is 1. The summed E-state index contributed by atoms with van der Waals surface area (Å²) in [6.07, 6.45) is 6.10. The summed E-state index contributed by atoms with van der Waals surface area (Å²) in [5.74, 6) is 0. The van der Waals surface area contributed by atoms with Crippen LogP contribution in [0.5, 0.6) is 0 Å². The molecule has 2 aliphatic heterocycles. The molecule has 1 amide bonds. The number of carbonyl (C=O) groups excluding carboxylic acids is 1. The van der Waals surface area contributed by atoms with E-state index >= 15 is 0 Å². The Kier molecular flexibility index (Phi) is 3.93. The predicted molar refractivity (Wildman–Crippen MR) is 73.1 cm³/mol. The number of fused-ring (bicyclic) bond motifs is 1. The first-order valence-electron chi connectivity index (χ1n) is 7.63. The standard InChI is InChI=1S/C14H25N3O2/c1-19-14(18)17-10-7-15-13-11(5-4-6-12(13)17)16-8-2-3-9-16/h11-13,15H,2-10H2,1H3/t11-,12+,13+/m1/s1.